The van der Waals surface area contributed by atoms with Crippen LogP contribution in [0.2, 0.25) is 0 Å². The van der Waals surface area contributed by atoms with Gasteiger partial charge in [0.2, 0.25) is 0 Å². The first kappa shape index (κ1) is 14.9. The van der Waals surface area contributed by atoms with Gasteiger partial charge in [0.25, 0.3) is 0 Å². The number of carboxylic acid groups (broad SMARTS) is 1. The Balaban J connectivity index is 1.96. The summed E-state index contributed by atoms with van der Waals surface area (Å²) in [5.74, 6) is 0.235. The number of hydrogen-bond acceptors (Lipinski definition) is 4. The van der Waals surface area contributed by atoms with E-state index in [1.165, 1.54) is 6.07 Å². The van der Waals surface area contributed by atoms with Crippen LogP contribution in [0.3, 0.4) is 0 Å². The van der Waals surface area contributed by atoms with Crippen molar-refractivity contribution in [2.75, 3.05) is 13.7 Å². The standard InChI is InChI=1S/C16H17NO4/c1-20-14-7-6-11(13(14)10-17)8-9-21-15-5-3-2-4-12(15)16(18)19/h2-5,11H,6-9H2,1H3,(H,18,19). The summed E-state index contributed by atoms with van der Waals surface area (Å²) in [7, 11) is 1.58. The van der Waals surface area contributed by atoms with Crippen LogP contribution in [-0.2, 0) is 4.74 Å². The second-order valence-corrected chi connectivity index (χ2v) is 4.83. The largest absolute Gasteiger partial charge is 0.500 e. The van der Waals surface area contributed by atoms with Gasteiger partial charge in [-0.2, -0.15) is 5.26 Å². The molecule has 0 fully saturated rings. The summed E-state index contributed by atoms with van der Waals surface area (Å²) < 4.78 is 10.8. The molecule has 2 rings (SSSR count). The third-order valence-electron chi connectivity index (χ3n) is 3.64. The Labute approximate surface area is 123 Å². The molecule has 5 heteroatoms. The number of allylic oxidation sites excluding steroid dienone is 2. The summed E-state index contributed by atoms with van der Waals surface area (Å²) in [5.41, 5.74) is 0.838. The van der Waals surface area contributed by atoms with Crippen molar-refractivity contribution in [2.45, 2.75) is 19.3 Å². The first-order valence-electron chi connectivity index (χ1n) is 6.79. The monoisotopic (exact) mass is 287 g/mol. The van der Waals surface area contributed by atoms with Gasteiger partial charge < -0.3 is 14.6 Å². The van der Waals surface area contributed by atoms with E-state index in [9.17, 15) is 4.79 Å². The number of para-hydroxylation sites is 1. The Morgan fingerprint density at radius 2 is 2.24 bits per heavy atom. The van der Waals surface area contributed by atoms with Crippen molar-refractivity contribution in [1.29, 1.82) is 5.26 Å². The van der Waals surface area contributed by atoms with Crippen molar-refractivity contribution in [2.24, 2.45) is 5.92 Å². The van der Waals surface area contributed by atoms with Crippen LogP contribution in [0.5, 0.6) is 5.75 Å². The molecule has 21 heavy (non-hydrogen) atoms. The minimum atomic E-state index is -1.01. The summed E-state index contributed by atoms with van der Waals surface area (Å²) in [6.45, 7) is 0.372. The van der Waals surface area contributed by atoms with Gasteiger partial charge in [-0.3, -0.25) is 0 Å². The minimum absolute atomic E-state index is 0.127. The molecule has 1 aliphatic carbocycles. The third-order valence-corrected chi connectivity index (χ3v) is 3.64. The van der Waals surface area contributed by atoms with Crippen molar-refractivity contribution < 1.29 is 19.4 Å². The SMILES string of the molecule is COC1=C(C#N)C(CCOc2ccccc2C(=O)O)CC1. The van der Waals surface area contributed by atoms with Crippen LogP contribution in [0.1, 0.15) is 29.6 Å². The number of aromatic carboxylic acids is 1. The average Bonchev–Trinajstić information content (AvgIpc) is 2.89. The maximum atomic E-state index is 11.1. The van der Waals surface area contributed by atoms with E-state index in [0.717, 1.165) is 18.6 Å². The average molecular weight is 287 g/mol. The van der Waals surface area contributed by atoms with Crippen molar-refractivity contribution in [1.82, 2.24) is 0 Å². The van der Waals surface area contributed by atoms with Crippen LogP contribution in [0.25, 0.3) is 0 Å². The summed E-state index contributed by atoms with van der Waals surface area (Å²) in [6, 6.07) is 8.75. The lowest BCUT2D eigenvalue weighted by Crippen LogP contribution is -2.09. The molecule has 0 heterocycles. The van der Waals surface area contributed by atoms with E-state index in [1.54, 1.807) is 25.3 Å². The van der Waals surface area contributed by atoms with E-state index >= 15 is 0 Å². The lowest BCUT2D eigenvalue weighted by molar-refractivity contribution is 0.0692. The van der Waals surface area contributed by atoms with E-state index < -0.39 is 5.97 Å². The van der Waals surface area contributed by atoms with Crippen molar-refractivity contribution in [3.63, 3.8) is 0 Å². The van der Waals surface area contributed by atoms with Gasteiger partial charge in [-0.1, -0.05) is 12.1 Å². The predicted molar refractivity (Wildman–Crippen MR) is 75.9 cm³/mol. The fraction of sp³-hybridized carbons (Fsp3) is 0.375. The van der Waals surface area contributed by atoms with E-state index in [1.807, 2.05) is 0 Å². The van der Waals surface area contributed by atoms with Crippen LogP contribution in [0, 0.1) is 17.2 Å². The fourth-order valence-electron chi connectivity index (χ4n) is 2.55. The third kappa shape index (κ3) is 3.34. The molecule has 1 N–H and O–H groups in total. The Morgan fingerprint density at radius 3 is 2.90 bits per heavy atom. The van der Waals surface area contributed by atoms with Crippen LogP contribution in [-0.4, -0.2) is 24.8 Å². The van der Waals surface area contributed by atoms with Gasteiger partial charge in [0.05, 0.1) is 25.4 Å². The normalized spacial score (nSPS) is 17.4. The number of nitrogens with zero attached hydrogens (tertiary/aromatic N) is 1. The molecule has 0 saturated heterocycles. The first-order valence-corrected chi connectivity index (χ1v) is 6.79. The summed E-state index contributed by atoms with van der Waals surface area (Å²) in [6.07, 6.45) is 2.31. The van der Waals surface area contributed by atoms with Gasteiger partial charge in [0.15, 0.2) is 0 Å². The highest BCUT2D eigenvalue weighted by Gasteiger charge is 2.26. The van der Waals surface area contributed by atoms with Crippen molar-refractivity contribution in [3.05, 3.63) is 41.2 Å². The highest BCUT2D eigenvalue weighted by molar-refractivity contribution is 5.90. The lowest BCUT2D eigenvalue weighted by atomic mass is 9.99. The molecule has 0 aromatic heterocycles. The summed E-state index contributed by atoms with van der Waals surface area (Å²) >= 11 is 0. The molecule has 0 spiro atoms. The highest BCUT2D eigenvalue weighted by Crippen LogP contribution is 2.34. The van der Waals surface area contributed by atoms with Gasteiger partial charge in [-0.05, 0) is 25.0 Å². The number of hydrogen-bond donors (Lipinski definition) is 1. The molecule has 1 aliphatic rings. The molecule has 110 valence electrons. The maximum Gasteiger partial charge on any atom is 0.339 e. The fourth-order valence-corrected chi connectivity index (χ4v) is 2.55. The number of carbonyl (C=O) groups is 1. The molecular weight excluding hydrogens is 270 g/mol. The zero-order valence-electron chi connectivity index (χ0n) is 11.8. The Kier molecular flexibility index (Phi) is 4.83. The van der Waals surface area contributed by atoms with Crippen molar-refractivity contribution in [3.8, 4) is 11.8 Å². The zero-order valence-corrected chi connectivity index (χ0v) is 11.8. The molecule has 0 amide bonds. The smallest absolute Gasteiger partial charge is 0.339 e. The van der Waals surface area contributed by atoms with Crippen molar-refractivity contribution >= 4 is 5.97 Å². The van der Waals surface area contributed by atoms with Gasteiger partial charge in [0.1, 0.15) is 17.1 Å². The molecule has 1 atom stereocenters. The van der Waals surface area contributed by atoms with Gasteiger partial charge in [0, 0.05) is 12.3 Å². The quantitative estimate of drug-likeness (QED) is 0.870. The predicted octanol–water partition coefficient (Wildman–Crippen LogP) is 2.99. The van der Waals surface area contributed by atoms with E-state index in [2.05, 4.69) is 6.07 Å². The van der Waals surface area contributed by atoms with Crippen LogP contribution >= 0.6 is 0 Å². The number of carboxylic acids is 1. The second kappa shape index (κ2) is 6.80. The lowest BCUT2D eigenvalue weighted by Gasteiger charge is -2.12. The van der Waals surface area contributed by atoms with Gasteiger partial charge in [-0.15, -0.1) is 0 Å². The first-order chi connectivity index (χ1) is 10.2. The van der Waals surface area contributed by atoms with E-state index in [-0.39, 0.29) is 11.5 Å². The Hall–Kier alpha value is -2.48. The highest BCUT2D eigenvalue weighted by atomic mass is 16.5. The molecule has 1 aromatic rings. The minimum Gasteiger partial charge on any atom is -0.500 e. The maximum absolute atomic E-state index is 11.1. The van der Waals surface area contributed by atoms with Gasteiger partial charge in [-0.25, -0.2) is 4.79 Å². The number of ether oxygens (including phenoxy) is 2. The molecule has 0 radical (unpaired) electrons. The molecule has 1 aromatic carbocycles. The summed E-state index contributed by atoms with van der Waals surface area (Å²) in [4.78, 5) is 11.1. The number of benzene rings is 1. The Morgan fingerprint density at radius 1 is 1.48 bits per heavy atom. The Bertz CT molecular complexity index is 601. The van der Waals surface area contributed by atoms with E-state index in [4.69, 9.17) is 19.8 Å². The van der Waals surface area contributed by atoms with Gasteiger partial charge >= 0.3 is 5.97 Å². The number of methoxy groups -OCH3 is 1. The van der Waals surface area contributed by atoms with E-state index in [0.29, 0.717) is 24.4 Å². The molecule has 5 nitrogen and oxygen atoms in total. The molecule has 0 bridgehead atoms. The molecule has 0 saturated carbocycles. The van der Waals surface area contributed by atoms with Crippen LogP contribution in [0.15, 0.2) is 35.6 Å². The zero-order chi connectivity index (χ0) is 15.2. The van der Waals surface area contributed by atoms with Crippen LogP contribution in [0.4, 0.5) is 0 Å². The number of nitriles is 1. The number of rotatable bonds is 6. The summed E-state index contributed by atoms with van der Waals surface area (Å²) in [5, 5.41) is 18.2. The topological polar surface area (TPSA) is 79.5 Å². The van der Waals surface area contributed by atoms with Crippen LogP contribution < -0.4 is 4.74 Å². The second-order valence-electron chi connectivity index (χ2n) is 4.83. The molecule has 0 aliphatic heterocycles. The molecule has 1 unspecified atom stereocenters. The molecular formula is C16H17NO4.